The van der Waals surface area contributed by atoms with Crippen LogP contribution in [-0.2, 0) is 0 Å². The molecule has 0 radical (unpaired) electrons. The molecule has 0 aliphatic heterocycles. The molecule has 4 nitrogen and oxygen atoms in total. The van der Waals surface area contributed by atoms with E-state index in [0.717, 1.165) is 44.2 Å². The van der Waals surface area contributed by atoms with Gasteiger partial charge in [-0.15, -0.1) is 16.4 Å². The summed E-state index contributed by atoms with van der Waals surface area (Å²) >= 11 is 0. The second kappa shape index (κ2) is 11.9. The van der Waals surface area contributed by atoms with Gasteiger partial charge in [0.2, 0.25) is 0 Å². The topological polar surface area (TPSA) is 51.8 Å². The van der Waals surface area contributed by atoms with Crippen LogP contribution in [0.25, 0.3) is 78.4 Å². The van der Waals surface area contributed by atoms with Crippen molar-refractivity contribution < 1.29 is 4.42 Å². The van der Waals surface area contributed by atoms with Gasteiger partial charge in [0.15, 0.2) is 17.5 Å². The molecule has 2 aromatic heterocycles. The van der Waals surface area contributed by atoms with Crippen molar-refractivity contribution in [1.82, 2.24) is 15.0 Å². The Bertz CT molecular complexity index is 2410. The Morgan fingerprint density at radius 1 is 0.354 bits per heavy atom. The second-order valence-electron chi connectivity index (χ2n) is 12.6. The quantitative estimate of drug-likeness (QED) is 0.277. The normalized spacial score (nSPS) is 11.3. The van der Waals surface area contributed by atoms with E-state index in [2.05, 4.69) is 93.8 Å². The van der Waals surface area contributed by atoms with Gasteiger partial charge in [-0.05, 0) is 46.5 Å². The number of fused-ring (bicyclic) bond motifs is 3. The van der Waals surface area contributed by atoms with Crippen molar-refractivity contribution in [2.75, 3.05) is 0 Å². The van der Waals surface area contributed by atoms with Crippen LogP contribution in [0.4, 0.5) is 0 Å². The van der Waals surface area contributed by atoms with Crippen LogP contribution in [0.3, 0.4) is 0 Å². The zero-order valence-electron chi connectivity index (χ0n) is 27.8. The fourth-order valence-electron chi connectivity index (χ4n) is 6.80. The second-order valence-corrected chi connectivity index (χ2v) is 12.6. The summed E-state index contributed by atoms with van der Waals surface area (Å²) in [5.41, 5.74) is 16.2. The van der Waals surface area contributed by atoms with E-state index in [4.69, 9.17) is 19.4 Å². The van der Waals surface area contributed by atoms with Crippen molar-refractivity contribution in [3.63, 3.8) is 0 Å². The Labute approximate surface area is 284 Å². The smallest absolute Gasteiger partial charge is 0.164 e. The standard InChI is InChI=1S/C39H30B5N3O/c40-32-31(33(41)35(43)36(44)34(32)42)22-13-11-21(12-14-22)25-16-18-29-28(19-25)27-17-15-26(20-30(27)48-29)39-46-37(23-7-3-1-4-8-23)45-38(47-39)24-9-5-2-6-10-24/h1-20H,40-44H2. The van der Waals surface area contributed by atoms with E-state index in [1.54, 1.807) is 0 Å². The molecule has 8 aromatic rings. The van der Waals surface area contributed by atoms with Gasteiger partial charge in [0, 0.05) is 27.5 Å². The first-order chi connectivity index (χ1) is 23.4. The monoisotopic (exact) mass is 611 g/mol. The Balaban J connectivity index is 1.17. The maximum atomic E-state index is 6.40. The highest BCUT2D eigenvalue weighted by molar-refractivity contribution is 6.68. The third-order valence-electron chi connectivity index (χ3n) is 9.94. The van der Waals surface area contributed by atoms with E-state index in [9.17, 15) is 0 Å². The lowest BCUT2D eigenvalue weighted by atomic mass is 9.59. The molecule has 0 amide bonds. The van der Waals surface area contributed by atoms with Gasteiger partial charge in [-0.25, -0.2) is 15.0 Å². The maximum absolute atomic E-state index is 6.40. The molecule has 0 aliphatic rings. The fraction of sp³-hybridized carbons (Fsp3) is 0. The van der Waals surface area contributed by atoms with Gasteiger partial charge in [0.25, 0.3) is 0 Å². The van der Waals surface area contributed by atoms with Gasteiger partial charge < -0.3 is 4.42 Å². The van der Waals surface area contributed by atoms with E-state index in [-0.39, 0.29) is 0 Å². The Morgan fingerprint density at radius 3 is 1.42 bits per heavy atom. The Kier molecular flexibility index (Phi) is 7.41. The zero-order chi connectivity index (χ0) is 32.9. The summed E-state index contributed by atoms with van der Waals surface area (Å²) in [5.74, 6) is 1.88. The van der Waals surface area contributed by atoms with Crippen LogP contribution < -0.4 is 27.3 Å². The van der Waals surface area contributed by atoms with E-state index in [1.807, 2.05) is 66.7 Å². The van der Waals surface area contributed by atoms with Gasteiger partial charge in [-0.2, -0.15) is 0 Å². The fourth-order valence-corrected chi connectivity index (χ4v) is 6.80. The first-order valence-electron chi connectivity index (χ1n) is 16.4. The predicted octanol–water partition coefficient (Wildman–Crippen LogP) is 1.40. The molecule has 48 heavy (non-hydrogen) atoms. The molecule has 222 valence electrons. The number of furan rings is 1. The molecule has 0 saturated heterocycles. The highest BCUT2D eigenvalue weighted by atomic mass is 16.3. The first kappa shape index (κ1) is 29.8. The van der Waals surface area contributed by atoms with Crippen molar-refractivity contribution in [2.45, 2.75) is 0 Å². The molecule has 0 fully saturated rings. The number of hydrogen-bond acceptors (Lipinski definition) is 4. The number of rotatable bonds is 5. The predicted molar refractivity (Wildman–Crippen MR) is 215 cm³/mol. The van der Waals surface area contributed by atoms with Crippen LogP contribution in [0.1, 0.15) is 0 Å². The summed E-state index contributed by atoms with van der Waals surface area (Å²) in [6.45, 7) is 0. The van der Waals surface area contributed by atoms with Gasteiger partial charge in [0.05, 0.1) is 0 Å². The van der Waals surface area contributed by atoms with Gasteiger partial charge in [-0.1, -0.05) is 108 Å². The van der Waals surface area contributed by atoms with Crippen molar-refractivity contribution in [2.24, 2.45) is 0 Å². The minimum Gasteiger partial charge on any atom is -0.456 e. The van der Waals surface area contributed by atoms with Crippen LogP contribution in [0.2, 0.25) is 0 Å². The molecule has 0 N–H and O–H groups in total. The Morgan fingerprint density at radius 2 is 0.833 bits per heavy atom. The molecule has 0 spiro atoms. The van der Waals surface area contributed by atoms with Gasteiger partial charge >= 0.3 is 0 Å². The number of nitrogens with zero attached hydrogens (tertiary/aromatic N) is 3. The first-order valence-corrected chi connectivity index (χ1v) is 16.4. The minimum atomic E-state index is 0.607. The van der Waals surface area contributed by atoms with Crippen LogP contribution >= 0.6 is 0 Å². The van der Waals surface area contributed by atoms with Crippen molar-refractivity contribution in [1.29, 1.82) is 0 Å². The molecular weight excluding hydrogens is 581 g/mol. The molecule has 2 heterocycles. The SMILES string of the molecule is Bc1c(B)c(B)c(-c2ccc(-c3ccc4oc5cc(-c6nc(-c7ccccc7)nc(-c7ccccc7)n6)ccc5c4c3)cc2)c(B)c1B. The Hall–Kier alpha value is -5.55. The third-order valence-corrected chi connectivity index (χ3v) is 9.94. The summed E-state index contributed by atoms with van der Waals surface area (Å²) in [6, 6.07) is 41.7. The van der Waals surface area contributed by atoms with Crippen LogP contribution in [0.15, 0.2) is 126 Å². The maximum Gasteiger partial charge on any atom is 0.164 e. The summed E-state index contributed by atoms with van der Waals surface area (Å²) in [5, 5.41) is 2.14. The molecule has 0 aliphatic carbocycles. The lowest BCUT2D eigenvalue weighted by molar-refractivity contribution is 0.669. The zero-order valence-corrected chi connectivity index (χ0v) is 27.8. The highest BCUT2D eigenvalue weighted by Crippen LogP contribution is 2.35. The molecule has 8 rings (SSSR count). The molecular formula is C39H30B5N3O. The average Bonchev–Trinajstić information content (AvgIpc) is 3.51. The van der Waals surface area contributed by atoms with Crippen LogP contribution in [-0.4, -0.2) is 54.2 Å². The molecule has 6 aromatic carbocycles. The van der Waals surface area contributed by atoms with E-state index < -0.39 is 0 Å². The van der Waals surface area contributed by atoms with Crippen molar-refractivity contribution in [3.8, 4) is 56.4 Å². The van der Waals surface area contributed by atoms with Crippen LogP contribution in [0, 0.1) is 0 Å². The lowest BCUT2D eigenvalue weighted by Crippen LogP contribution is -2.55. The van der Waals surface area contributed by atoms with Crippen molar-refractivity contribution >= 4 is 88.5 Å². The lowest BCUT2D eigenvalue weighted by Gasteiger charge is -2.20. The minimum absolute atomic E-state index is 0.607. The highest BCUT2D eigenvalue weighted by Gasteiger charge is 2.16. The molecule has 0 atom stereocenters. The van der Waals surface area contributed by atoms with E-state index >= 15 is 0 Å². The summed E-state index contributed by atoms with van der Waals surface area (Å²) in [4.78, 5) is 14.6. The number of benzene rings is 6. The van der Waals surface area contributed by atoms with E-state index in [1.165, 1.54) is 44.0 Å². The molecule has 0 bridgehead atoms. The van der Waals surface area contributed by atoms with Crippen molar-refractivity contribution in [3.05, 3.63) is 121 Å². The average molecular weight is 611 g/mol. The van der Waals surface area contributed by atoms with E-state index in [0.29, 0.717) is 17.5 Å². The van der Waals surface area contributed by atoms with Crippen LogP contribution in [0.5, 0.6) is 0 Å². The largest absolute Gasteiger partial charge is 0.456 e. The van der Waals surface area contributed by atoms with Gasteiger partial charge in [-0.3, -0.25) is 0 Å². The molecule has 0 unspecified atom stereocenters. The number of hydrogen-bond donors (Lipinski definition) is 0. The summed E-state index contributed by atoms with van der Waals surface area (Å²) in [6.07, 6.45) is 0. The van der Waals surface area contributed by atoms with Gasteiger partial charge in [0.1, 0.15) is 50.4 Å². The number of aromatic nitrogens is 3. The summed E-state index contributed by atoms with van der Waals surface area (Å²) in [7, 11) is 11.2. The third kappa shape index (κ3) is 5.16. The summed E-state index contributed by atoms with van der Waals surface area (Å²) < 4.78 is 6.40. The molecule has 9 heteroatoms. The molecule has 0 saturated carbocycles.